The fourth-order valence-corrected chi connectivity index (χ4v) is 5.64. The van der Waals surface area contributed by atoms with E-state index in [0.717, 1.165) is 10.7 Å². The number of non-ortho nitro benzene ring substituents is 1. The molecule has 7 nitrogen and oxygen atoms in total. The third kappa shape index (κ3) is 2.95. The summed E-state index contributed by atoms with van der Waals surface area (Å²) in [6.45, 7) is 0. The number of hydrogen-bond acceptors (Lipinski definition) is 7. The van der Waals surface area contributed by atoms with E-state index in [0.29, 0.717) is 5.75 Å². The molecule has 0 saturated carbocycles. The third-order valence-electron chi connectivity index (χ3n) is 3.88. The van der Waals surface area contributed by atoms with Gasteiger partial charge in [-0.3, -0.25) is 15.1 Å². The highest BCUT2D eigenvalue weighted by Gasteiger charge is 2.44. The van der Waals surface area contributed by atoms with Gasteiger partial charge in [0, 0.05) is 24.9 Å². The number of aliphatic imine (C=N–C) groups is 1. The molecule has 1 aromatic rings. The molecule has 9 heteroatoms. The number of nitrogens with zero attached hydrogens (tertiary/aromatic N) is 3. The second-order valence-corrected chi connectivity index (χ2v) is 8.54. The number of rotatable bonds is 3. The largest absolute Gasteiger partial charge is 0.348 e. The van der Waals surface area contributed by atoms with Crippen LogP contribution < -0.4 is 0 Å². The van der Waals surface area contributed by atoms with Crippen LogP contribution in [-0.4, -0.2) is 54.0 Å². The van der Waals surface area contributed by atoms with Crippen LogP contribution in [0.3, 0.4) is 0 Å². The minimum Gasteiger partial charge on any atom is -0.348 e. The SMILES string of the molecule is CN1C(SCc2ccc([N+](=O)[O-])cc2)=N[C@@H]2CS(=O)(=O)C[C@@H]21. The second kappa shape index (κ2) is 5.54. The van der Waals surface area contributed by atoms with Crippen molar-refractivity contribution < 1.29 is 13.3 Å². The van der Waals surface area contributed by atoms with Crippen molar-refractivity contribution in [1.82, 2.24) is 4.90 Å². The number of nitro benzene ring substituents is 1. The van der Waals surface area contributed by atoms with Gasteiger partial charge in [0.05, 0.1) is 28.5 Å². The smallest absolute Gasteiger partial charge is 0.269 e. The van der Waals surface area contributed by atoms with Crippen LogP contribution in [0.2, 0.25) is 0 Å². The number of hydrogen-bond donors (Lipinski definition) is 0. The third-order valence-corrected chi connectivity index (χ3v) is 6.71. The summed E-state index contributed by atoms with van der Waals surface area (Å²) in [6, 6.07) is 6.21. The average Bonchev–Trinajstić information content (AvgIpc) is 2.91. The number of nitro groups is 1. The average molecular weight is 341 g/mol. The summed E-state index contributed by atoms with van der Waals surface area (Å²) in [5.41, 5.74) is 1.04. The van der Waals surface area contributed by atoms with Crippen molar-refractivity contribution in [2.45, 2.75) is 17.8 Å². The van der Waals surface area contributed by atoms with Crippen molar-refractivity contribution in [3.05, 3.63) is 39.9 Å². The van der Waals surface area contributed by atoms with Gasteiger partial charge < -0.3 is 4.90 Å². The highest BCUT2D eigenvalue weighted by molar-refractivity contribution is 8.13. The number of amidine groups is 1. The van der Waals surface area contributed by atoms with Crippen LogP contribution in [-0.2, 0) is 15.6 Å². The molecule has 1 saturated heterocycles. The van der Waals surface area contributed by atoms with Crippen molar-refractivity contribution in [2.75, 3.05) is 18.6 Å². The minimum absolute atomic E-state index is 0.0515. The molecule has 0 spiro atoms. The molecule has 0 unspecified atom stereocenters. The van der Waals surface area contributed by atoms with Crippen molar-refractivity contribution >= 4 is 32.5 Å². The number of sulfone groups is 1. The number of fused-ring (bicyclic) bond motifs is 1. The van der Waals surface area contributed by atoms with Gasteiger partial charge in [-0.25, -0.2) is 8.42 Å². The Labute approximate surface area is 132 Å². The summed E-state index contributed by atoms with van der Waals surface area (Å²) < 4.78 is 23.2. The Hall–Kier alpha value is -1.61. The zero-order chi connectivity index (χ0) is 15.9. The van der Waals surface area contributed by atoms with E-state index in [-0.39, 0.29) is 29.3 Å². The predicted octanol–water partition coefficient (Wildman–Crippen LogP) is 1.29. The summed E-state index contributed by atoms with van der Waals surface area (Å²) in [4.78, 5) is 16.6. The van der Waals surface area contributed by atoms with Crippen LogP contribution in [0.25, 0.3) is 0 Å². The lowest BCUT2D eigenvalue weighted by atomic mass is 10.2. The molecule has 2 atom stereocenters. The minimum atomic E-state index is -2.96. The Bertz CT molecular complexity index is 730. The van der Waals surface area contributed by atoms with Gasteiger partial charge in [0.1, 0.15) is 0 Å². The second-order valence-electron chi connectivity index (χ2n) is 5.45. The fourth-order valence-electron chi connectivity index (χ4n) is 2.68. The van der Waals surface area contributed by atoms with Gasteiger partial charge in [0.2, 0.25) is 0 Å². The van der Waals surface area contributed by atoms with E-state index in [2.05, 4.69) is 4.99 Å². The van der Waals surface area contributed by atoms with Gasteiger partial charge in [-0.1, -0.05) is 23.9 Å². The van der Waals surface area contributed by atoms with E-state index >= 15 is 0 Å². The van der Waals surface area contributed by atoms with Crippen molar-refractivity contribution in [3.63, 3.8) is 0 Å². The van der Waals surface area contributed by atoms with Gasteiger partial charge >= 0.3 is 0 Å². The van der Waals surface area contributed by atoms with E-state index in [9.17, 15) is 18.5 Å². The van der Waals surface area contributed by atoms with Gasteiger partial charge in [-0.05, 0) is 5.56 Å². The number of thioether (sulfide) groups is 1. The quantitative estimate of drug-likeness (QED) is 0.608. The van der Waals surface area contributed by atoms with E-state index in [1.807, 2.05) is 11.9 Å². The summed E-state index contributed by atoms with van der Waals surface area (Å²) in [6.07, 6.45) is 0. The van der Waals surface area contributed by atoms with Gasteiger partial charge in [-0.2, -0.15) is 0 Å². The highest BCUT2D eigenvalue weighted by atomic mass is 32.2. The molecule has 0 amide bonds. The first kappa shape index (κ1) is 15.3. The zero-order valence-electron chi connectivity index (χ0n) is 11.9. The van der Waals surface area contributed by atoms with Gasteiger partial charge in [0.25, 0.3) is 5.69 Å². The molecule has 118 valence electrons. The van der Waals surface area contributed by atoms with Gasteiger partial charge in [0.15, 0.2) is 15.0 Å². The standard InChI is InChI=1S/C13H15N3O4S2/c1-15-12-8-22(19,20)7-11(12)14-13(15)21-6-9-2-4-10(5-3-9)16(17)18/h2-5,11-12H,6-8H2,1H3/t11-,12+/m1/s1. The Morgan fingerprint density at radius 1 is 1.36 bits per heavy atom. The molecule has 0 radical (unpaired) electrons. The first-order valence-corrected chi connectivity index (χ1v) is 9.53. The Kier molecular flexibility index (Phi) is 3.85. The van der Waals surface area contributed by atoms with Crippen molar-refractivity contribution in [3.8, 4) is 0 Å². The monoisotopic (exact) mass is 341 g/mol. The maximum Gasteiger partial charge on any atom is 0.269 e. The Morgan fingerprint density at radius 3 is 2.64 bits per heavy atom. The molecule has 2 heterocycles. The summed E-state index contributed by atoms with van der Waals surface area (Å²) in [5.74, 6) is 0.941. The molecule has 0 N–H and O–H groups in total. The molecular formula is C13H15N3O4S2. The molecule has 22 heavy (non-hydrogen) atoms. The lowest BCUT2D eigenvalue weighted by Crippen LogP contribution is -2.35. The topological polar surface area (TPSA) is 92.9 Å². The zero-order valence-corrected chi connectivity index (χ0v) is 13.5. The van der Waals surface area contributed by atoms with E-state index in [1.54, 1.807) is 12.1 Å². The Morgan fingerprint density at radius 2 is 2.05 bits per heavy atom. The number of benzene rings is 1. The van der Waals surface area contributed by atoms with Crippen molar-refractivity contribution in [2.24, 2.45) is 4.99 Å². The van der Waals surface area contributed by atoms with Crippen LogP contribution in [0.15, 0.2) is 29.3 Å². The first-order chi connectivity index (χ1) is 10.4. The highest BCUT2D eigenvalue weighted by Crippen LogP contribution is 2.31. The van der Waals surface area contributed by atoms with E-state index < -0.39 is 14.8 Å². The van der Waals surface area contributed by atoms with Crippen LogP contribution in [0.4, 0.5) is 5.69 Å². The molecular weight excluding hydrogens is 326 g/mol. The molecule has 0 aromatic heterocycles. The maximum atomic E-state index is 11.6. The van der Waals surface area contributed by atoms with Crippen LogP contribution >= 0.6 is 11.8 Å². The Balaban J connectivity index is 1.64. The molecule has 0 bridgehead atoms. The lowest BCUT2D eigenvalue weighted by Gasteiger charge is -2.20. The molecule has 1 fully saturated rings. The maximum absolute atomic E-state index is 11.6. The van der Waals surface area contributed by atoms with Gasteiger partial charge in [-0.15, -0.1) is 0 Å². The fraction of sp³-hybridized carbons (Fsp3) is 0.462. The van der Waals surface area contributed by atoms with Crippen LogP contribution in [0.1, 0.15) is 5.56 Å². The summed E-state index contributed by atoms with van der Waals surface area (Å²) in [5, 5.41) is 11.4. The normalized spacial score (nSPS) is 25.9. The summed E-state index contributed by atoms with van der Waals surface area (Å²) >= 11 is 1.53. The van der Waals surface area contributed by atoms with Crippen molar-refractivity contribution in [1.29, 1.82) is 0 Å². The van der Waals surface area contributed by atoms with Crippen LogP contribution in [0, 0.1) is 10.1 Å². The predicted molar refractivity (Wildman–Crippen MR) is 85.8 cm³/mol. The molecule has 0 aliphatic carbocycles. The van der Waals surface area contributed by atoms with Crippen LogP contribution in [0.5, 0.6) is 0 Å². The first-order valence-electron chi connectivity index (χ1n) is 6.73. The number of likely N-dealkylation sites (N-methyl/N-ethyl adjacent to an activating group) is 1. The van der Waals surface area contributed by atoms with E-state index in [4.69, 9.17) is 0 Å². The van der Waals surface area contributed by atoms with E-state index in [1.165, 1.54) is 23.9 Å². The molecule has 2 aliphatic rings. The lowest BCUT2D eigenvalue weighted by molar-refractivity contribution is -0.384. The molecule has 1 aromatic carbocycles. The molecule has 2 aliphatic heterocycles. The summed E-state index contributed by atoms with van der Waals surface area (Å²) in [7, 11) is -1.10. The molecule has 3 rings (SSSR count).